The third kappa shape index (κ3) is 2.60. The zero-order valence-corrected chi connectivity index (χ0v) is 11.1. The highest BCUT2D eigenvalue weighted by atomic mass is 16.5. The van der Waals surface area contributed by atoms with Crippen LogP contribution < -0.4 is 4.74 Å². The van der Waals surface area contributed by atoms with E-state index in [1.54, 1.807) is 7.11 Å². The predicted molar refractivity (Wildman–Crippen MR) is 69.4 cm³/mol. The number of ether oxygens (including phenoxy) is 1. The van der Waals surface area contributed by atoms with E-state index in [4.69, 9.17) is 4.74 Å². The molecule has 0 radical (unpaired) electrons. The summed E-state index contributed by atoms with van der Waals surface area (Å²) in [5, 5.41) is 0. The van der Waals surface area contributed by atoms with E-state index in [0.717, 1.165) is 5.69 Å². The first kappa shape index (κ1) is 12.4. The van der Waals surface area contributed by atoms with Crippen LogP contribution in [0.3, 0.4) is 0 Å². The van der Waals surface area contributed by atoms with Crippen LogP contribution in [0.5, 0.6) is 5.88 Å². The molecule has 3 nitrogen and oxygen atoms in total. The summed E-state index contributed by atoms with van der Waals surface area (Å²) in [6, 6.07) is 4.72. The fourth-order valence-corrected chi connectivity index (χ4v) is 2.75. The number of aromatic nitrogens is 1. The molecule has 1 aromatic rings. The predicted octanol–water partition coefficient (Wildman–Crippen LogP) is 2.95. The van der Waals surface area contributed by atoms with Crippen molar-refractivity contribution in [3.8, 4) is 5.88 Å². The molecule has 1 aliphatic heterocycles. The highest BCUT2D eigenvalue weighted by molar-refractivity contribution is 5.28. The monoisotopic (exact) mass is 234 g/mol. The van der Waals surface area contributed by atoms with Gasteiger partial charge in [0.15, 0.2) is 0 Å². The summed E-state index contributed by atoms with van der Waals surface area (Å²) in [6.07, 6.45) is 3.78. The molecule has 0 aromatic carbocycles. The molecule has 0 bridgehead atoms. The highest BCUT2D eigenvalue weighted by Crippen LogP contribution is 2.33. The van der Waals surface area contributed by atoms with Gasteiger partial charge < -0.3 is 4.74 Å². The van der Waals surface area contributed by atoms with Gasteiger partial charge >= 0.3 is 0 Å². The van der Waals surface area contributed by atoms with E-state index < -0.39 is 0 Å². The van der Waals surface area contributed by atoms with Crippen LogP contribution >= 0.6 is 0 Å². The lowest BCUT2D eigenvalue weighted by molar-refractivity contribution is 0.256. The molecular formula is C14H22N2O. The number of methoxy groups -OCH3 is 1. The average molecular weight is 234 g/mol. The van der Waals surface area contributed by atoms with Gasteiger partial charge in [0.25, 0.3) is 0 Å². The summed E-state index contributed by atoms with van der Waals surface area (Å²) in [5.41, 5.74) is 2.48. The average Bonchev–Trinajstić information content (AvgIpc) is 2.77. The maximum atomic E-state index is 5.16. The van der Waals surface area contributed by atoms with Crippen LogP contribution in [0.4, 0.5) is 0 Å². The van der Waals surface area contributed by atoms with Gasteiger partial charge in [0.1, 0.15) is 0 Å². The zero-order chi connectivity index (χ0) is 12.3. The van der Waals surface area contributed by atoms with Crippen molar-refractivity contribution in [2.24, 2.45) is 0 Å². The molecule has 1 unspecified atom stereocenters. The van der Waals surface area contributed by atoms with Crippen LogP contribution in [-0.4, -0.2) is 30.1 Å². The van der Waals surface area contributed by atoms with Gasteiger partial charge in [0.2, 0.25) is 5.88 Å². The van der Waals surface area contributed by atoms with Gasteiger partial charge in [0, 0.05) is 17.8 Å². The number of pyridine rings is 1. The molecule has 2 rings (SSSR count). The van der Waals surface area contributed by atoms with Gasteiger partial charge in [0.05, 0.1) is 7.11 Å². The minimum atomic E-state index is 0.563. The van der Waals surface area contributed by atoms with Gasteiger partial charge in [-0.15, -0.1) is 0 Å². The van der Waals surface area contributed by atoms with E-state index in [2.05, 4.69) is 29.8 Å². The molecular weight excluding hydrogens is 212 g/mol. The maximum Gasteiger partial charge on any atom is 0.213 e. The van der Waals surface area contributed by atoms with Crippen molar-refractivity contribution >= 4 is 0 Å². The number of likely N-dealkylation sites (tertiary alicyclic amines) is 1. The maximum absolute atomic E-state index is 5.16. The Morgan fingerprint density at radius 3 is 2.94 bits per heavy atom. The Hall–Kier alpha value is -1.09. The number of hydrogen-bond donors (Lipinski definition) is 0. The van der Waals surface area contributed by atoms with Crippen molar-refractivity contribution in [2.75, 3.05) is 20.2 Å². The molecule has 3 heteroatoms. The lowest BCUT2D eigenvalue weighted by Crippen LogP contribution is -2.24. The van der Waals surface area contributed by atoms with E-state index in [-0.39, 0.29) is 0 Å². The van der Waals surface area contributed by atoms with Gasteiger partial charge in [-0.1, -0.05) is 13.0 Å². The largest absolute Gasteiger partial charge is 0.481 e. The Morgan fingerprint density at radius 2 is 2.29 bits per heavy atom. The smallest absolute Gasteiger partial charge is 0.213 e. The first-order valence-electron chi connectivity index (χ1n) is 6.51. The molecule has 1 aliphatic rings. The van der Waals surface area contributed by atoms with Crippen molar-refractivity contribution in [3.63, 3.8) is 0 Å². The molecule has 0 N–H and O–H groups in total. The van der Waals surface area contributed by atoms with Crippen molar-refractivity contribution in [1.82, 2.24) is 9.88 Å². The molecule has 0 spiro atoms. The third-order valence-corrected chi connectivity index (χ3v) is 3.54. The second-order valence-electron chi connectivity index (χ2n) is 4.72. The summed E-state index contributed by atoms with van der Waals surface area (Å²) < 4.78 is 5.16. The first-order chi connectivity index (χ1) is 8.26. The van der Waals surface area contributed by atoms with E-state index in [1.807, 2.05) is 6.07 Å². The quantitative estimate of drug-likeness (QED) is 0.801. The van der Waals surface area contributed by atoms with E-state index in [1.165, 1.54) is 37.9 Å². The number of aryl methyl sites for hydroxylation is 1. The summed E-state index contributed by atoms with van der Waals surface area (Å²) in [7, 11) is 1.67. The van der Waals surface area contributed by atoms with Crippen molar-refractivity contribution in [2.45, 2.75) is 39.2 Å². The van der Waals surface area contributed by atoms with Crippen molar-refractivity contribution in [1.29, 1.82) is 0 Å². The van der Waals surface area contributed by atoms with Crippen LogP contribution in [0.25, 0.3) is 0 Å². The summed E-state index contributed by atoms with van der Waals surface area (Å²) in [6.45, 7) is 6.74. The molecule has 2 heterocycles. The Balaban J connectivity index is 2.21. The Labute approximate surface area is 104 Å². The zero-order valence-electron chi connectivity index (χ0n) is 11.1. The first-order valence-corrected chi connectivity index (χ1v) is 6.51. The summed E-state index contributed by atoms with van der Waals surface area (Å²) >= 11 is 0. The minimum absolute atomic E-state index is 0.563. The second-order valence-corrected chi connectivity index (χ2v) is 4.72. The number of rotatable bonds is 4. The molecule has 1 saturated heterocycles. The molecule has 1 aromatic heterocycles. The molecule has 94 valence electrons. The lowest BCUT2D eigenvalue weighted by atomic mass is 10.0. The molecule has 17 heavy (non-hydrogen) atoms. The van der Waals surface area contributed by atoms with Gasteiger partial charge in [-0.2, -0.15) is 0 Å². The molecule has 1 fully saturated rings. The highest BCUT2D eigenvalue weighted by Gasteiger charge is 2.26. The number of hydrogen-bond acceptors (Lipinski definition) is 3. The molecule has 0 aliphatic carbocycles. The third-order valence-electron chi connectivity index (χ3n) is 3.54. The Bertz CT molecular complexity index is 378. The molecule has 0 saturated carbocycles. The van der Waals surface area contributed by atoms with Crippen molar-refractivity contribution < 1.29 is 4.74 Å². The van der Waals surface area contributed by atoms with Crippen LogP contribution in [0, 0.1) is 6.92 Å². The van der Waals surface area contributed by atoms with Crippen LogP contribution in [0.2, 0.25) is 0 Å². The SMILES string of the molecule is CCCN1CCCC1c1ccc(OC)nc1C. The van der Waals surface area contributed by atoms with E-state index >= 15 is 0 Å². The fraction of sp³-hybridized carbons (Fsp3) is 0.643. The Morgan fingerprint density at radius 1 is 1.47 bits per heavy atom. The van der Waals surface area contributed by atoms with Crippen LogP contribution in [0.1, 0.15) is 43.5 Å². The standard InChI is InChI=1S/C14H22N2O/c1-4-9-16-10-5-6-13(16)12-7-8-14(17-3)15-11(12)2/h7-8,13H,4-6,9-10H2,1-3H3. The topological polar surface area (TPSA) is 25.4 Å². The van der Waals surface area contributed by atoms with Crippen molar-refractivity contribution in [3.05, 3.63) is 23.4 Å². The van der Waals surface area contributed by atoms with E-state index in [0.29, 0.717) is 11.9 Å². The summed E-state index contributed by atoms with van der Waals surface area (Å²) in [5.74, 6) is 0.714. The van der Waals surface area contributed by atoms with Crippen LogP contribution in [0.15, 0.2) is 12.1 Å². The normalized spacial score (nSPS) is 20.8. The van der Waals surface area contributed by atoms with E-state index in [9.17, 15) is 0 Å². The van der Waals surface area contributed by atoms with Gasteiger partial charge in [-0.3, -0.25) is 4.90 Å². The van der Waals surface area contributed by atoms with Gasteiger partial charge in [-0.05, 0) is 44.8 Å². The minimum Gasteiger partial charge on any atom is -0.481 e. The van der Waals surface area contributed by atoms with Gasteiger partial charge in [-0.25, -0.2) is 4.98 Å². The lowest BCUT2D eigenvalue weighted by Gasteiger charge is -2.25. The molecule has 0 amide bonds. The summed E-state index contributed by atoms with van der Waals surface area (Å²) in [4.78, 5) is 7.06. The second kappa shape index (κ2) is 5.50. The molecule has 1 atom stereocenters. The number of nitrogens with zero attached hydrogens (tertiary/aromatic N) is 2. The fourth-order valence-electron chi connectivity index (χ4n) is 2.75. The van der Waals surface area contributed by atoms with Crippen LogP contribution in [-0.2, 0) is 0 Å². The Kier molecular flexibility index (Phi) is 4.00.